The number of thiophene rings is 1. The van der Waals surface area contributed by atoms with Crippen LogP contribution in [-0.4, -0.2) is 12.4 Å². The fraction of sp³-hybridized carbons (Fsp3) is 0.286. The van der Waals surface area contributed by atoms with Crippen molar-refractivity contribution in [1.29, 1.82) is 0 Å². The number of thioether (sulfide) groups is 1. The largest absolute Gasteiger partial charge is 0.494 e. The summed E-state index contributed by atoms with van der Waals surface area (Å²) in [6.45, 7) is 1.35. The molecule has 2 rings (SSSR count). The van der Waals surface area contributed by atoms with Crippen molar-refractivity contribution in [2.24, 2.45) is 5.73 Å². The van der Waals surface area contributed by atoms with Crippen molar-refractivity contribution in [3.63, 3.8) is 0 Å². The highest BCUT2D eigenvalue weighted by atomic mass is 32.2. The van der Waals surface area contributed by atoms with E-state index < -0.39 is 0 Å². The van der Waals surface area contributed by atoms with Crippen LogP contribution in [0.5, 0.6) is 5.75 Å². The minimum absolute atomic E-state index is 0.581. The first-order chi connectivity index (χ1) is 8.88. The monoisotopic (exact) mass is 279 g/mol. The number of nitrogens with two attached hydrogens (primary N) is 1. The highest BCUT2D eigenvalue weighted by Gasteiger charge is 1.97. The summed E-state index contributed by atoms with van der Waals surface area (Å²) in [7, 11) is 0. The van der Waals surface area contributed by atoms with E-state index >= 15 is 0 Å². The van der Waals surface area contributed by atoms with Gasteiger partial charge in [0.2, 0.25) is 0 Å². The zero-order valence-corrected chi connectivity index (χ0v) is 11.8. The molecule has 18 heavy (non-hydrogen) atoms. The molecule has 0 atom stereocenters. The van der Waals surface area contributed by atoms with Crippen molar-refractivity contribution in [2.75, 3.05) is 12.4 Å². The van der Waals surface area contributed by atoms with Crippen molar-refractivity contribution in [3.05, 3.63) is 47.3 Å². The fourth-order valence-electron chi connectivity index (χ4n) is 1.49. The molecule has 1 aromatic carbocycles. The van der Waals surface area contributed by atoms with Gasteiger partial charge in [0, 0.05) is 12.3 Å². The molecule has 0 spiro atoms. The van der Waals surface area contributed by atoms with Gasteiger partial charge in [-0.15, -0.1) is 23.1 Å². The first kappa shape index (κ1) is 13.5. The van der Waals surface area contributed by atoms with E-state index in [9.17, 15) is 0 Å². The van der Waals surface area contributed by atoms with E-state index in [1.54, 1.807) is 11.3 Å². The highest BCUT2D eigenvalue weighted by Crippen LogP contribution is 2.23. The van der Waals surface area contributed by atoms with E-state index in [2.05, 4.69) is 17.5 Å². The molecule has 0 aliphatic carbocycles. The van der Waals surface area contributed by atoms with E-state index in [1.165, 1.54) is 4.21 Å². The third-order valence-electron chi connectivity index (χ3n) is 2.46. The Balaban J connectivity index is 1.62. The lowest BCUT2D eigenvalue weighted by atomic mass is 10.2. The van der Waals surface area contributed by atoms with Gasteiger partial charge in [0.25, 0.3) is 0 Å². The van der Waals surface area contributed by atoms with Crippen LogP contribution in [0.3, 0.4) is 0 Å². The third kappa shape index (κ3) is 4.37. The zero-order valence-electron chi connectivity index (χ0n) is 10.2. The van der Waals surface area contributed by atoms with Gasteiger partial charge >= 0.3 is 0 Å². The smallest absolute Gasteiger partial charge is 0.119 e. The van der Waals surface area contributed by atoms with Gasteiger partial charge in [0.15, 0.2) is 0 Å². The molecule has 0 saturated carbocycles. The Morgan fingerprint density at radius 3 is 2.67 bits per heavy atom. The van der Waals surface area contributed by atoms with Gasteiger partial charge < -0.3 is 10.5 Å². The zero-order chi connectivity index (χ0) is 12.6. The Kier molecular flexibility index (Phi) is 5.58. The van der Waals surface area contributed by atoms with Gasteiger partial charge in [0.05, 0.1) is 10.8 Å². The summed E-state index contributed by atoms with van der Waals surface area (Å²) in [5, 5.41) is 2.11. The van der Waals surface area contributed by atoms with E-state index in [1.807, 2.05) is 36.0 Å². The van der Waals surface area contributed by atoms with Crippen molar-refractivity contribution in [1.82, 2.24) is 0 Å². The third-order valence-corrected chi connectivity index (χ3v) is 4.67. The maximum absolute atomic E-state index is 5.67. The number of rotatable bonds is 7. The average molecular weight is 279 g/mol. The Bertz CT molecular complexity index is 439. The molecule has 0 aliphatic rings. The lowest BCUT2D eigenvalue weighted by Crippen LogP contribution is -1.99. The van der Waals surface area contributed by atoms with Crippen LogP contribution in [0, 0.1) is 0 Å². The van der Waals surface area contributed by atoms with Crippen LogP contribution in [0.15, 0.2) is 46.0 Å². The van der Waals surface area contributed by atoms with E-state index in [-0.39, 0.29) is 0 Å². The first-order valence-electron chi connectivity index (χ1n) is 5.96. The van der Waals surface area contributed by atoms with Gasteiger partial charge in [-0.05, 0) is 35.6 Å². The molecule has 2 N–H and O–H groups in total. The van der Waals surface area contributed by atoms with Crippen LogP contribution in [0.25, 0.3) is 0 Å². The average Bonchev–Trinajstić information content (AvgIpc) is 2.92. The Labute approximate surface area is 116 Å². The van der Waals surface area contributed by atoms with Crippen LogP contribution in [0.4, 0.5) is 0 Å². The SMILES string of the molecule is NCc1ccc(OCCCSc2cccs2)cc1. The maximum atomic E-state index is 5.67. The molecule has 2 aromatic rings. The molecule has 1 aromatic heterocycles. The second-order valence-electron chi connectivity index (χ2n) is 3.83. The quantitative estimate of drug-likeness (QED) is 0.619. The molecule has 0 aliphatic heterocycles. The molecule has 0 fully saturated rings. The minimum atomic E-state index is 0.581. The Hall–Kier alpha value is -0.970. The first-order valence-corrected chi connectivity index (χ1v) is 7.83. The second-order valence-corrected chi connectivity index (χ2v) is 6.17. The normalized spacial score (nSPS) is 10.5. The van der Waals surface area contributed by atoms with Crippen molar-refractivity contribution in [2.45, 2.75) is 17.2 Å². The molecule has 0 radical (unpaired) electrons. The predicted octanol–water partition coefficient (Wildman–Crippen LogP) is 3.77. The van der Waals surface area contributed by atoms with Crippen LogP contribution in [0.2, 0.25) is 0 Å². The minimum Gasteiger partial charge on any atom is -0.494 e. The summed E-state index contributed by atoms with van der Waals surface area (Å²) >= 11 is 3.68. The van der Waals surface area contributed by atoms with Crippen LogP contribution < -0.4 is 10.5 Å². The van der Waals surface area contributed by atoms with E-state index in [4.69, 9.17) is 10.5 Å². The molecular formula is C14H17NOS2. The highest BCUT2D eigenvalue weighted by molar-refractivity contribution is 8.01. The van der Waals surface area contributed by atoms with Gasteiger partial charge in [-0.1, -0.05) is 18.2 Å². The van der Waals surface area contributed by atoms with Crippen molar-refractivity contribution < 1.29 is 4.74 Å². The molecule has 4 heteroatoms. The summed E-state index contributed by atoms with van der Waals surface area (Å²) in [6.07, 6.45) is 1.06. The number of hydrogen-bond donors (Lipinski definition) is 1. The molecule has 2 nitrogen and oxygen atoms in total. The van der Waals surface area contributed by atoms with Gasteiger partial charge in [-0.25, -0.2) is 0 Å². The Morgan fingerprint density at radius 1 is 1.17 bits per heavy atom. The molecule has 0 saturated heterocycles. The van der Waals surface area contributed by atoms with Crippen LogP contribution >= 0.6 is 23.1 Å². The second kappa shape index (κ2) is 7.46. The van der Waals surface area contributed by atoms with Crippen molar-refractivity contribution in [3.8, 4) is 5.75 Å². The van der Waals surface area contributed by atoms with E-state index in [0.29, 0.717) is 6.54 Å². The molecule has 0 amide bonds. The molecule has 0 unspecified atom stereocenters. The lowest BCUT2D eigenvalue weighted by Gasteiger charge is -2.06. The summed E-state index contributed by atoms with van der Waals surface area (Å²) in [5.41, 5.74) is 6.68. The topological polar surface area (TPSA) is 35.2 Å². The van der Waals surface area contributed by atoms with Crippen molar-refractivity contribution >= 4 is 23.1 Å². The molecule has 96 valence electrons. The summed E-state index contributed by atoms with van der Waals surface area (Å²) in [4.78, 5) is 0. The maximum Gasteiger partial charge on any atom is 0.119 e. The lowest BCUT2D eigenvalue weighted by molar-refractivity contribution is 0.318. The number of ether oxygens (including phenoxy) is 1. The fourth-order valence-corrected chi connectivity index (χ4v) is 3.26. The van der Waals surface area contributed by atoms with Crippen LogP contribution in [-0.2, 0) is 6.54 Å². The standard InChI is InChI=1S/C14H17NOS2/c15-11-12-4-6-13(7-5-12)16-8-2-10-18-14-3-1-9-17-14/h1,3-7,9H,2,8,10-11,15H2. The summed E-state index contributed by atoms with van der Waals surface area (Å²) < 4.78 is 7.05. The molecule has 0 bridgehead atoms. The van der Waals surface area contributed by atoms with Gasteiger partial charge in [-0.2, -0.15) is 0 Å². The molecule has 1 heterocycles. The summed E-state index contributed by atoms with van der Waals surface area (Å²) in [5.74, 6) is 2.02. The molecular weight excluding hydrogens is 262 g/mol. The van der Waals surface area contributed by atoms with Crippen LogP contribution in [0.1, 0.15) is 12.0 Å². The Morgan fingerprint density at radius 2 is 2.00 bits per heavy atom. The van der Waals surface area contributed by atoms with Gasteiger partial charge in [0.1, 0.15) is 5.75 Å². The predicted molar refractivity (Wildman–Crippen MR) is 79.5 cm³/mol. The summed E-state index contributed by atoms with van der Waals surface area (Å²) in [6, 6.07) is 12.2. The van der Waals surface area contributed by atoms with Gasteiger partial charge in [-0.3, -0.25) is 0 Å². The number of hydrogen-bond acceptors (Lipinski definition) is 4. The van der Waals surface area contributed by atoms with E-state index in [0.717, 1.165) is 30.1 Å². The number of benzene rings is 1.